The molecule has 1 aliphatic carbocycles. The molecule has 20 heavy (non-hydrogen) atoms. The van der Waals surface area contributed by atoms with Crippen molar-refractivity contribution in [2.75, 3.05) is 0 Å². The van der Waals surface area contributed by atoms with Crippen molar-refractivity contribution in [1.29, 1.82) is 0 Å². The fourth-order valence-corrected chi connectivity index (χ4v) is 2.75. The second-order valence-electron chi connectivity index (χ2n) is 4.95. The second kappa shape index (κ2) is 5.34. The first-order valence-electron chi connectivity index (χ1n) is 6.60. The van der Waals surface area contributed by atoms with Gasteiger partial charge in [-0.2, -0.15) is 0 Å². The van der Waals surface area contributed by atoms with Crippen LogP contribution in [-0.4, -0.2) is 31.4 Å². The third-order valence-electron chi connectivity index (χ3n) is 3.43. The molecule has 3 rings (SSSR count). The zero-order chi connectivity index (χ0) is 14.1. The highest BCUT2D eigenvalue weighted by molar-refractivity contribution is 7.09. The van der Waals surface area contributed by atoms with E-state index < -0.39 is 0 Å². The second-order valence-corrected chi connectivity index (χ2v) is 5.89. The lowest BCUT2D eigenvalue weighted by Gasteiger charge is -2.21. The topological polar surface area (TPSA) is 77.0 Å². The van der Waals surface area contributed by atoms with Gasteiger partial charge >= 0.3 is 0 Å². The Morgan fingerprint density at radius 2 is 2.40 bits per heavy atom. The summed E-state index contributed by atoms with van der Waals surface area (Å²) in [6.45, 7) is 0.906. The Hall–Kier alpha value is -1.73. The first-order valence-corrected chi connectivity index (χ1v) is 7.48. The maximum atomic E-state index is 12.6. The molecule has 1 aliphatic rings. The summed E-state index contributed by atoms with van der Waals surface area (Å²) in [6, 6.07) is 0.322. The number of nitrogens with zero attached hydrogens (tertiary/aromatic N) is 4. The van der Waals surface area contributed by atoms with Crippen LogP contribution in [0.3, 0.4) is 0 Å². The predicted octanol–water partition coefficient (Wildman–Crippen LogP) is 1.14. The summed E-state index contributed by atoms with van der Waals surface area (Å²) in [7, 11) is 1.94. The number of amides is 1. The molecule has 1 fully saturated rings. The number of thiazole rings is 1. The summed E-state index contributed by atoms with van der Waals surface area (Å²) in [5, 5.41) is 2.58. The van der Waals surface area contributed by atoms with Crippen LogP contribution in [0.5, 0.6) is 0 Å². The molecule has 1 amide bonds. The third kappa shape index (κ3) is 2.59. The van der Waals surface area contributed by atoms with Gasteiger partial charge in [-0.15, -0.1) is 11.3 Å². The standard InChI is InChI=1S/C13H17N5OS/c1-17-5-4-15-11(17)7-18(9-2-3-9)13(19)10-8-20-12(6-14)16-10/h4-5,8-9H,2-3,6-7,14H2,1H3. The Morgan fingerprint density at radius 3 is 2.95 bits per heavy atom. The van der Waals surface area contributed by atoms with Gasteiger partial charge in [0, 0.05) is 37.4 Å². The highest BCUT2D eigenvalue weighted by atomic mass is 32.1. The van der Waals surface area contributed by atoms with E-state index in [2.05, 4.69) is 9.97 Å². The van der Waals surface area contributed by atoms with Crippen molar-refractivity contribution in [1.82, 2.24) is 19.4 Å². The molecule has 0 saturated heterocycles. The molecule has 0 aliphatic heterocycles. The van der Waals surface area contributed by atoms with Crippen LogP contribution in [0.1, 0.15) is 34.2 Å². The summed E-state index contributed by atoms with van der Waals surface area (Å²) in [4.78, 5) is 23.0. The number of imidazole rings is 1. The summed E-state index contributed by atoms with van der Waals surface area (Å²) < 4.78 is 1.94. The molecule has 2 aromatic rings. The van der Waals surface area contributed by atoms with Crippen LogP contribution in [0.15, 0.2) is 17.8 Å². The van der Waals surface area contributed by atoms with Crippen LogP contribution in [-0.2, 0) is 20.1 Å². The highest BCUT2D eigenvalue weighted by Crippen LogP contribution is 2.29. The van der Waals surface area contributed by atoms with Gasteiger partial charge < -0.3 is 15.2 Å². The van der Waals surface area contributed by atoms with Crippen molar-refractivity contribution < 1.29 is 4.79 Å². The highest BCUT2D eigenvalue weighted by Gasteiger charge is 2.34. The first-order chi connectivity index (χ1) is 9.69. The van der Waals surface area contributed by atoms with E-state index in [1.54, 1.807) is 11.6 Å². The molecule has 0 bridgehead atoms. The molecule has 106 valence electrons. The van der Waals surface area contributed by atoms with E-state index in [0.29, 0.717) is 24.8 Å². The van der Waals surface area contributed by atoms with Gasteiger partial charge in [0.05, 0.1) is 6.54 Å². The van der Waals surface area contributed by atoms with E-state index in [1.807, 2.05) is 22.7 Å². The summed E-state index contributed by atoms with van der Waals surface area (Å²) in [6.07, 6.45) is 5.76. The largest absolute Gasteiger partial charge is 0.337 e. The SMILES string of the molecule is Cn1ccnc1CN(C(=O)c1csc(CN)n1)C1CC1. The van der Waals surface area contributed by atoms with E-state index in [9.17, 15) is 4.79 Å². The van der Waals surface area contributed by atoms with Crippen molar-refractivity contribution in [2.45, 2.75) is 32.0 Å². The Labute approximate surface area is 121 Å². The van der Waals surface area contributed by atoms with E-state index in [1.165, 1.54) is 11.3 Å². The number of hydrogen-bond acceptors (Lipinski definition) is 5. The lowest BCUT2D eigenvalue weighted by Crippen LogP contribution is -2.33. The minimum absolute atomic E-state index is 0.0218. The smallest absolute Gasteiger partial charge is 0.273 e. The predicted molar refractivity (Wildman–Crippen MR) is 76.1 cm³/mol. The fraction of sp³-hybridized carbons (Fsp3) is 0.462. The average molecular weight is 291 g/mol. The Morgan fingerprint density at radius 1 is 1.60 bits per heavy atom. The monoisotopic (exact) mass is 291 g/mol. The molecule has 0 aromatic carbocycles. The maximum absolute atomic E-state index is 12.6. The molecule has 2 aromatic heterocycles. The van der Waals surface area contributed by atoms with Crippen molar-refractivity contribution in [3.63, 3.8) is 0 Å². The Kier molecular flexibility index (Phi) is 3.54. The van der Waals surface area contributed by atoms with Gasteiger partial charge in [0.1, 0.15) is 16.5 Å². The zero-order valence-corrected chi connectivity index (χ0v) is 12.1. The number of hydrogen-bond donors (Lipinski definition) is 1. The van der Waals surface area contributed by atoms with Crippen LogP contribution in [0, 0.1) is 0 Å². The first kappa shape index (κ1) is 13.3. The van der Waals surface area contributed by atoms with Gasteiger partial charge in [0.25, 0.3) is 5.91 Å². The molecular weight excluding hydrogens is 274 g/mol. The van der Waals surface area contributed by atoms with Crippen LogP contribution < -0.4 is 5.73 Å². The molecule has 2 N–H and O–H groups in total. The van der Waals surface area contributed by atoms with E-state index in [-0.39, 0.29) is 5.91 Å². The number of carbonyl (C=O) groups is 1. The van der Waals surface area contributed by atoms with Gasteiger partial charge in [0.15, 0.2) is 0 Å². The maximum Gasteiger partial charge on any atom is 0.273 e. The van der Waals surface area contributed by atoms with Gasteiger partial charge in [-0.05, 0) is 12.8 Å². The van der Waals surface area contributed by atoms with Gasteiger partial charge in [-0.3, -0.25) is 4.79 Å². The van der Waals surface area contributed by atoms with Crippen molar-refractivity contribution in [3.05, 3.63) is 34.3 Å². The van der Waals surface area contributed by atoms with Crippen LogP contribution in [0.2, 0.25) is 0 Å². The van der Waals surface area contributed by atoms with E-state index in [4.69, 9.17) is 5.73 Å². The lowest BCUT2D eigenvalue weighted by molar-refractivity contribution is 0.0718. The molecule has 0 spiro atoms. The van der Waals surface area contributed by atoms with Gasteiger partial charge in [-0.1, -0.05) is 0 Å². The summed E-state index contributed by atoms with van der Waals surface area (Å²) in [5.74, 6) is 0.867. The van der Waals surface area contributed by atoms with E-state index >= 15 is 0 Å². The fourth-order valence-electron chi connectivity index (χ4n) is 2.10. The molecule has 0 unspecified atom stereocenters. The quantitative estimate of drug-likeness (QED) is 0.896. The van der Waals surface area contributed by atoms with Gasteiger partial charge in [-0.25, -0.2) is 9.97 Å². The average Bonchev–Trinajstić information content (AvgIpc) is 3.03. The Bertz CT molecular complexity index is 616. The number of nitrogens with two attached hydrogens (primary N) is 1. The van der Waals surface area contributed by atoms with Crippen molar-refractivity contribution in [2.24, 2.45) is 12.8 Å². The summed E-state index contributed by atoms with van der Waals surface area (Å²) >= 11 is 1.43. The molecule has 0 radical (unpaired) electrons. The Balaban J connectivity index is 1.80. The minimum atomic E-state index is -0.0218. The molecule has 6 nitrogen and oxygen atoms in total. The molecule has 1 saturated carbocycles. The van der Waals surface area contributed by atoms with Crippen LogP contribution in [0.25, 0.3) is 0 Å². The number of aromatic nitrogens is 3. The number of aryl methyl sites for hydroxylation is 1. The third-order valence-corrected chi connectivity index (χ3v) is 4.30. The molecule has 2 heterocycles. The van der Waals surface area contributed by atoms with Crippen molar-refractivity contribution in [3.8, 4) is 0 Å². The molecule has 7 heteroatoms. The zero-order valence-electron chi connectivity index (χ0n) is 11.3. The molecular formula is C13H17N5OS. The normalized spacial score (nSPS) is 14.5. The lowest BCUT2D eigenvalue weighted by atomic mass is 10.3. The molecule has 0 atom stereocenters. The van der Waals surface area contributed by atoms with Crippen molar-refractivity contribution >= 4 is 17.2 Å². The number of carbonyl (C=O) groups excluding carboxylic acids is 1. The minimum Gasteiger partial charge on any atom is -0.337 e. The van der Waals surface area contributed by atoms with Gasteiger partial charge in [0.2, 0.25) is 0 Å². The summed E-state index contributed by atoms with van der Waals surface area (Å²) in [5.41, 5.74) is 6.05. The number of rotatable bonds is 5. The van der Waals surface area contributed by atoms with E-state index in [0.717, 1.165) is 23.7 Å². The van der Waals surface area contributed by atoms with Crippen LogP contribution in [0.4, 0.5) is 0 Å². The van der Waals surface area contributed by atoms with Crippen LogP contribution >= 0.6 is 11.3 Å².